The van der Waals surface area contributed by atoms with Crippen LogP contribution in [0.15, 0.2) is 77.4 Å². The van der Waals surface area contributed by atoms with Crippen molar-refractivity contribution in [3.63, 3.8) is 0 Å². The Morgan fingerprint density at radius 2 is 1.75 bits per heavy atom. The zero-order chi connectivity index (χ0) is 22.3. The van der Waals surface area contributed by atoms with Gasteiger partial charge >= 0.3 is 0 Å². The third kappa shape index (κ3) is 5.02. The van der Waals surface area contributed by atoms with E-state index in [2.05, 4.69) is 5.32 Å². The first kappa shape index (κ1) is 21.7. The monoisotopic (exact) mass is 432 g/mol. The maximum Gasteiger partial charge on any atom is 0.290 e. The minimum atomic E-state index is -0.781. The Hall–Kier alpha value is -3.54. The largest absolute Gasteiger partial charge is 0.497 e. The molecule has 1 atom stereocenters. The Morgan fingerprint density at radius 1 is 1.03 bits per heavy atom. The summed E-state index contributed by atoms with van der Waals surface area (Å²) in [5, 5.41) is 3.18. The van der Waals surface area contributed by atoms with Crippen LogP contribution < -0.4 is 10.1 Å². The van der Waals surface area contributed by atoms with Crippen LogP contribution in [0.1, 0.15) is 53.4 Å². The molecule has 1 aliphatic carbocycles. The van der Waals surface area contributed by atoms with Crippen LogP contribution in [0.3, 0.4) is 0 Å². The summed E-state index contributed by atoms with van der Waals surface area (Å²) in [4.78, 5) is 28.7. The molecule has 2 amide bonds. The van der Waals surface area contributed by atoms with Crippen molar-refractivity contribution < 1.29 is 18.7 Å². The van der Waals surface area contributed by atoms with Gasteiger partial charge in [0.05, 0.1) is 13.4 Å². The van der Waals surface area contributed by atoms with Crippen LogP contribution in [-0.2, 0) is 11.3 Å². The highest BCUT2D eigenvalue weighted by atomic mass is 16.5. The molecule has 0 saturated heterocycles. The molecule has 1 heterocycles. The molecule has 0 bridgehead atoms. The quantitative estimate of drug-likeness (QED) is 0.559. The average Bonchev–Trinajstić information content (AvgIpc) is 3.54. The van der Waals surface area contributed by atoms with Gasteiger partial charge in [-0.15, -0.1) is 0 Å². The van der Waals surface area contributed by atoms with E-state index in [4.69, 9.17) is 9.15 Å². The van der Waals surface area contributed by atoms with Gasteiger partial charge < -0.3 is 19.4 Å². The Bertz CT molecular complexity index is 1010. The lowest BCUT2D eigenvalue weighted by molar-refractivity contribution is -0.126. The number of benzene rings is 2. The van der Waals surface area contributed by atoms with Crippen molar-refractivity contribution in [1.82, 2.24) is 10.2 Å². The standard InChI is InChI=1S/C26H28N2O4/c1-31-22-15-13-19(14-16-22)18-28(26(30)23-12-7-17-32-23)24(20-8-3-2-4-9-20)25(29)27-21-10-5-6-11-21/h2-4,7-9,12-17,21,24H,5-6,10-11,18H2,1H3,(H,27,29)/t24-/m0/s1. The maximum atomic E-state index is 13.6. The molecule has 2 aromatic carbocycles. The van der Waals surface area contributed by atoms with Gasteiger partial charge in [-0.2, -0.15) is 0 Å². The minimum absolute atomic E-state index is 0.148. The molecule has 1 fully saturated rings. The van der Waals surface area contributed by atoms with Crippen molar-refractivity contribution in [2.45, 2.75) is 44.3 Å². The second-order valence-electron chi connectivity index (χ2n) is 8.06. The van der Waals surface area contributed by atoms with Gasteiger partial charge in [-0.3, -0.25) is 9.59 Å². The highest BCUT2D eigenvalue weighted by Crippen LogP contribution is 2.28. The minimum Gasteiger partial charge on any atom is -0.497 e. The number of furan rings is 1. The maximum absolute atomic E-state index is 13.6. The molecule has 0 radical (unpaired) electrons. The van der Waals surface area contributed by atoms with E-state index in [0.717, 1.165) is 42.6 Å². The van der Waals surface area contributed by atoms with Crippen molar-refractivity contribution in [1.29, 1.82) is 0 Å². The topological polar surface area (TPSA) is 71.8 Å². The van der Waals surface area contributed by atoms with Crippen LogP contribution >= 0.6 is 0 Å². The van der Waals surface area contributed by atoms with Crippen LogP contribution in [0, 0.1) is 0 Å². The van der Waals surface area contributed by atoms with E-state index in [1.807, 2.05) is 54.6 Å². The number of ether oxygens (including phenoxy) is 1. The van der Waals surface area contributed by atoms with Crippen LogP contribution in [0.4, 0.5) is 0 Å². The van der Waals surface area contributed by atoms with Gasteiger partial charge in [-0.1, -0.05) is 55.3 Å². The Morgan fingerprint density at radius 3 is 2.38 bits per heavy atom. The number of nitrogens with zero attached hydrogens (tertiary/aromatic N) is 1. The summed E-state index contributed by atoms with van der Waals surface area (Å²) < 4.78 is 10.7. The van der Waals surface area contributed by atoms with Gasteiger partial charge in [0.1, 0.15) is 11.8 Å². The fraction of sp³-hybridized carbons (Fsp3) is 0.308. The second-order valence-corrected chi connectivity index (χ2v) is 8.06. The molecule has 166 valence electrons. The first-order valence-corrected chi connectivity index (χ1v) is 11.0. The van der Waals surface area contributed by atoms with Crippen molar-refractivity contribution in [3.8, 4) is 5.75 Å². The number of amides is 2. The summed E-state index contributed by atoms with van der Waals surface area (Å²) in [5.41, 5.74) is 1.65. The summed E-state index contributed by atoms with van der Waals surface area (Å²) in [6.45, 7) is 0.251. The molecule has 32 heavy (non-hydrogen) atoms. The van der Waals surface area contributed by atoms with E-state index in [-0.39, 0.29) is 30.2 Å². The molecule has 1 N–H and O–H groups in total. The van der Waals surface area contributed by atoms with Gasteiger partial charge in [0.2, 0.25) is 5.91 Å². The Kier molecular flexibility index (Phi) is 6.90. The number of methoxy groups -OCH3 is 1. The first-order valence-electron chi connectivity index (χ1n) is 11.0. The Labute approximate surface area is 188 Å². The lowest BCUT2D eigenvalue weighted by atomic mass is 10.0. The van der Waals surface area contributed by atoms with E-state index < -0.39 is 6.04 Å². The summed E-state index contributed by atoms with van der Waals surface area (Å²) >= 11 is 0. The molecule has 6 nitrogen and oxygen atoms in total. The zero-order valence-electron chi connectivity index (χ0n) is 18.2. The predicted octanol–water partition coefficient (Wildman–Crippen LogP) is 4.73. The van der Waals surface area contributed by atoms with Gasteiger partial charge in [-0.25, -0.2) is 0 Å². The van der Waals surface area contributed by atoms with Gasteiger partial charge in [0.25, 0.3) is 5.91 Å². The number of hydrogen-bond donors (Lipinski definition) is 1. The van der Waals surface area contributed by atoms with Crippen LogP contribution in [-0.4, -0.2) is 29.9 Å². The average molecular weight is 433 g/mol. The van der Waals surface area contributed by atoms with E-state index in [1.54, 1.807) is 24.1 Å². The number of carbonyl (C=O) groups excluding carboxylic acids is 2. The van der Waals surface area contributed by atoms with Gasteiger partial charge in [0, 0.05) is 12.6 Å². The van der Waals surface area contributed by atoms with Crippen molar-refractivity contribution in [3.05, 3.63) is 89.9 Å². The normalized spacial score (nSPS) is 14.7. The molecular weight excluding hydrogens is 404 g/mol. The molecule has 0 spiro atoms. The SMILES string of the molecule is COc1ccc(CN(C(=O)c2ccco2)[C@H](C(=O)NC2CCCC2)c2ccccc2)cc1. The third-order valence-corrected chi connectivity index (χ3v) is 5.88. The number of carbonyl (C=O) groups is 2. The number of hydrogen-bond acceptors (Lipinski definition) is 4. The van der Waals surface area contributed by atoms with Crippen molar-refractivity contribution >= 4 is 11.8 Å². The molecule has 0 aliphatic heterocycles. The number of rotatable bonds is 8. The highest BCUT2D eigenvalue weighted by Gasteiger charge is 2.34. The number of nitrogens with one attached hydrogen (secondary N) is 1. The summed E-state index contributed by atoms with van der Waals surface area (Å²) in [5.74, 6) is 0.433. The van der Waals surface area contributed by atoms with E-state index in [1.165, 1.54) is 6.26 Å². The lowest BCUT2D eigenvalue weighted by Gasteiger charge is -2.32. The smallest absolute Gasteiger partial charge is 0.290 e. The molecule has 1 aliphatic rings. The van der Waals surface area contributed by atoms with Crippen molar-refractivity contribution in [2.24, 2.45) is 0 Å². The van der Waals surface area contributed by atoms with Crippen LogP contribution in [0.5, 0.6) is 5.75 Å². The molecule has 1 aromatic heterocycles. The highest BCUT2D eigenvalue weighted by molar-refractivity contribution is 5.96. The zero-order valence-corrected chi connectivity index (χ0v) is 18.2. The van der Waals surface area contributed by atoms with Gasteiger partial charge in [0.15, 0.2) is 5.76 Å². The summed E-state index contributed by atoms with van der Waals surface area (Å²) in [6.07, 6.45) is 5.63. The molecule has 1 saturated carbocycles. The lowest BCUT2D eigenvalue weighted by Crippen LogP contribution is -2.45. The molecule has 0 unspecified atom stereocenters. The summed E-state index contributed by atoms with van der Waals surface area (Å²) in [6, 6.07) is 19.6. The fourth-order valence-electron chi connectivity index (χ4n) is 4.21. The van der Waals surface area contributed by atoms with Crippen molar-refractivity contribution in [2.75, 3.05) is 7.11 Å². The van der Waals surface area contributed by atoms with E-state index in [0.29, 0.717) is 0 Å². The third-order valence-electron chi connectivity index (χ3n) is 5.88. The van der Waals surface area contributed by atoms with Crippen LogP contribution in [0.25, 0.3) is 0 Å². The van der Waals surface area contributed by atoms with Crippen LogP contribution in [0.2, 0.25) is 0 Å². The predicted molar refractivity (Wildman–Crippen MR) is 121 cm³/mol. The van der Waals surface area contributed by atoms with E-state index >= 15 is 0 Å². The second kappa shape index (κ2) is 10.2. The molecule has 6 heteroatoms. The molecular formula is C26H28N2O4. The van der Waals surface area contributed by atoms with Gasteiger partial charge in [-0.05, 0) is 48.2 Å². The molecule has 3 aromatic rings. The summed E-state index contributed by atoms with van der Waals surface area (Å²) in [7, 11) is 1.61. The Balaban J connectivity index is 1.70. The van der Waals surface area contributed by atoms with E-state index in [9.17, 15) is 9.59 Å². The fourth-order valence-corrected chi connectivity index (χ4v) is 4.21. The first-order chi connectivity index (χ1) is 15.7. The molecule has 4 rings (SSSR count).